The third-order valence-corrected chi connectivity index (χ3v) is 5.26. The number of hydrogen-bond donors (Lipinski definition) is 3. The van der Waals surface area contributed by atoms with Crippen molar-refractivity contribution in [1.29, 1.82) is 0 Å². The third kappa shape index (κ3) is 5.15. The number of nitrogens with zero attached hydrogens (tertiary/aromatic N) is 2. The standard InChI is InChI=1S/C26H24N4O5/c1-34-22-10-6-5-9-20(22)30-24(28-19-8-4-3-7-18(19)26(30)33)16-27-29-25(32)14-12-17-11-13-21(31)23(15-17)35-2/h3-15,27,31H,16H2,1-2H3,(H,29,32)/b14-12+. The first kappa shape index (κ1) is 23.5. The Bertz CT molecular complexity index is 1460. The number of fused-ring (bicyclic) bond motifs is 1. The molecular formula is C26H24N4O5. The van der Waals surface area contributed by atoms with Crippen molar-refractivity contribution in [3.8, 4) is 22.9 Å². The van der Waals surface area contributed by atoms with Crippen molar-refractivity contribution >= 4 is 22.9 Å². The van der Waals surface area contributed by atoms with E-state index in [0.717, 1.165) is 0 Å². The van der Waals surface area contributed by atoms with Crippen molar-refractivity contribution in [1.82, 2.24) is 20.4 Å². The van der Waals surface area contributed by atoms with E-state index in [1.807, 2.05) is 18.2 Å². The molecule has 0 spiro atoms. The average Bonchev–Trinajstić information content (AvgIpc) is 2.88. The van der Waals surface area contributed by atoms with Crippen LogP contribution in [0.15, 0.2) is 77.6 Å². The van der Waals surface area contributed by atoms with E-state index < -0.39 is 5.91 Å². The zero-order valence-electron chi connectivity index (χ0n) is 19.2. The Labute approximate surface area is 201 Å². The lowest BCUT2D eigenvalue weighted by Gasteiger charge is -2.16. The zero-order valence-corrected chi connectivity index (χ0v) is 19.2. The highest BCUT2D eigenvalue weighted by Gasteiger charge is 2.15. The van der Waals surface area contributed by atoms with Crippen molar-refractivity contribution in [3.63, 3.8) is 0 Å². The Balaban J connectivity index is 1.56. The lowest BCUT2D eigenvalue weighted by atomic mass is 10.2. The number of amides is 1. The topological polar surface area (TPSA) is 115 Å². The second kappa shape index (κ2) is 10.5. The van der Waals surface area contributed by atoms with E-state index >= 15 is 0 Å². The van der Waals surface area contributed by atoms with Gasteiger partial charge in [-0.2, -0.15) is 0 Å². The summed E-state index contributed by atoms with van der Waals surface area (Å²) in [6, 6.07) is 19.0. The Morgan fingerprint density at radius 3 is 2.57 bits per heavy atom. The van der Waals surface area contributed by atoms with Crippen LogP contribution in [0.25, 0.3) is 22.7 Å². The molecule has 1 aromatic heterocycles. The minimum Gasteiger partial charge on any atom is -0.504 e. The molecule has 4 aromatic rings. The van der Waals surface area contributed by atoms with Crippen molar-refractivity contribution in [2.24, 2.45) is 0 Å². The summed E-state index contributed by atoms with van der Waals surface area (Å²) in [5.41, 5.74) is 6.93. The van der Waals surface area contributed by atoms with Gasteiger partial charge in [0.05, 0.1) is 37.4 Å². The van der Waals surface area contributed by atoms with Gasteiger partial charge in [0.1, 0.15) is 11.6 Å². The maximum Gasteiger partial charge on any atom is 0.266 e. The van der Waals surface area contributed by atoms with Crippen LogP contribution in [0.5, 0.6) is 17.2 Å². The smallest absolute Gasteiger partial charge is 0.266 e. The summed E-state index contributed by atoms with van der Waals surface area (Å²) in [4.78, 5) is 30.3. The van der Waals surface area contributed by atoms with Gasteiger partial charge in [-0.3, -0.25) is 19.6 Å². The minimum atomic E-state index is -0.413. The predicted molar refractivity (Wildman–Crippen MR) is 133 cm³/mol. The monoisotopic (exact) mass is 472 g/mol. The Morgan fingerprint density at radius 1 is 1.03 bits per heavy atom. The molecule has 1 heterocycles. The highest BCUT2D eigenvalue weighted by Crippen LogP contribution is 2.26. The van der Waals surface area contributed by atoms with Crippen molar-refractivity contribution in [2.45, 2.75) is 6.54 Å². The zero-order chi connectivity index (χ0) is 24.8. The molecule has 0 saturated carbocycles. The maximum absolute atomic E-state index is 13.4. The maximum atomic E-state index is 13.4. The Kier molecular flexibility index (Phi) is 7.08. The number of nitrogens with one attached hydrogen (secondary N) is 2. The number of para-hydroxylation sites is 3. The summed E-state index contributed by atoms with van der Waals surface area (Å²) < 4.78 is 12.0. The van der Waals surface area contributed by atoms with Crippen LogP contribution < -0.4 is 25.9 Å². The molecule has 9 heteroatoms. The number of benzene rings is 3. The van der Waals surface area contributed by atoms with Gasteiger partial charge in [0.25, 0.3) is 11.5 Å². The number of phenols is 1. The first-order valence-electron chi connectivity index (χ1n) is 10.7. The van der Waals surface area contributed by atoms with Gasteiger partial charge in [-0.05, 0) is 48.0 Å². The molecule has 4 rings (SSSR count). The normalized spacial score (nSPS) is 11.0. The van der Waals surface area contributed by atoms with Crippen LogP contribution in [0.2, 0.25) is 0 Å². The lowest BCUT2D eigenvalue weighted by molar-refractivity contribution is -0.117. The molecule has 0 saturated heterocycles. The summed E-state index contributed by atoms with van der Waals surface area (Å²) in [7, 11) is 2.98. The van der Waals surface area contributed by atoms with Crippen LogP contribution in [-0.2, 0) is 11.3 Å². The number of carbonyl (C=O) groups is 1. The van der Waals surface area contributed by atoms with E-state index in [9.17, 15) is 14.7 Å². The molecule has 178 valence electrons. The van der Waals surface area contributed by atoms with Gasteiger partial charge in [-0.15, -0.1) is 0 Å². The van der Waals surface area contributed by atoms with E-state index in [2.05, 4.69) is 15.8 Å². The molecule has 0 bridgehead atoms. The summed E-state index contributed by atoms with van der Waals surface area (Å²) >= 11 is 0. The van der Waals surface area contributed by atoms with Crippen LogP contribution in [0.4, 0.5) is 0 Å². The Hall–Kier alpha value is -4.63. The van der Waals surface area contributed by atoms with Crippen LogP contribution in [-0.4, -0.2) is 34.8 Å². The van der Waals surface area contributed by atoms with E-state index in [0.29, 0.717) is 39.5 Å². The fourth-order valence-electron chi connectivity index (χ4n) is 3.58. The van der Waals surface area contributed by atoms with Gasteiger partial charge in [0.15, 0.2) is 11.5 Å². The molecule has 3 aromatic carbocycles. The highest BCUT2D eigenvalue weighted by atomic mass is 16.5. The number of aromatic hydroxyl groups is 1. The summed E-state index contributed by atoms with van der Waals surface area (Å²) in [5, 5.41) is 10.2. The number of hydrogen-bond acceptors (Lipinski definition) is 7. The van der Waals surface area contributed by atoms with Gasteiger partial charge in [0.2, 0.25) is 0 Å². The molecule has 0 atom stereocenters. The lowest BCUT2D eigenvalue weighted by Crippen LogP contribution is -2.38. The average molecular weight is 473 g/mol. The summed E-state index contributed by atoms with van der Waals surface area (Å²) in [6.07, 6.45) is 2.91. The van der Waals surface area contributed by atoms with Crippen LogP contribution in [0.3, 0.4) is 0 Å². The van der Waals surface area contributed by atoms with E-state index in [1.165, 1.54) is 30.9 Å². The van der Waals surface area contributed by atoms with Gasteiger partial charge < -0.3 is 14.6 Å². The van der Waals surface area contributed by atoms with Crippen molar-refractivity contribution in [2.75, 3.05) is 14.2 Å². The minimum absolute atomic E-state index is 0.0137. The molecule has 0 aliphatic rings. The van der Waals surface area contributed by atoms with Crippen LogP contribution in [0.1, 0.15) is 11.4 Å². The van der Waals surface area contributed by atoms with Gasteiger partial charge in [0, 0.05) is 6.08 Å². The predicted octanol–water partition coefficient (Wildman–Crippen LogP) is 2.94. The van der Waals surface area contributed by atoms with Gasteiger partial charge in [-0.25, -0.2) is 10.4 Å². The fraction of sp³-hybridized carbons (Fsp3) is 0.115. The number of ether oxygens (including phenoxy) is 2. The van der Waals surface area contributed by atoms with Crippen LogP contribution >= 0.6 is 0 Å². The molecule has 3 N–H and O–H groups in total. The van der Waals surface area contributed by atoms with E-state index in [1.54, 1.807) is 48.5 Å². The molecular weight excluding hydrogens is 448 g/mol. The van der Waals surface area contributed by atoms with Gasteiger partial charge >= 0.3 is 0 Å². The Morgan fingerprint density at radius 2 is 1.77 bits per heavy atom. The quantitative estimate of drug-likeness (QED) is 0.267. The van der Waals surface area contributed by atoms with Crippen molar-refractivity contribution < 1.29 is 19.4 Å². The SMILES string of the molecule is COc1cc(/C=C/C(=O)NNCc2nc3ccccc3c(=O)n2-c2ccccc2OC)ccc1O. The van der Waals surface area contributed by atoms with Crippen LogP contribution in [0, 0.1) is 0 Å². The molecule has 0 aliphatic heterocycles. The molecule has 1 amide bonds. The van der Waals surface area contributed by atoms with E-state index in [-0.39, 0.29) is 17.9 Å². The number of carbonyl (C=O) groups excluding carboxylic acids is 1. The second-order valence-electron chi connectivity index (χ2n) is 7.47. The summed E-state index contributed by atoms with van der Waals surface area (Å²) in [6.45, 7) is 0.0741. The first-order chi connectivity index (χ1) is 17.0. The molecule has 35 heavy (non-hydrogen) atoms. The molecule has 0 radical (unpaired) electrons. The number of rotatable bonds is 8. The van der Waals surface area contributed by atoms with Gasteiger partial charge in [-0.1, -0.05) is 30.3 Å². The number of aromatic nitrogens is 2. The number of methoxy groups -OCH3 is 2. The molecule has 0 aliphatic carbocycles. The molecule has 9 nitrogen and oxygen atoms in total. The first-order valence-corrected chi connectivity index (χ1v) is 10.7. The highest BCUT2D eigenvalue weighted by molar-refractivity contribution is 5.91. The number of phenolic OH excluding ortho intramolecular Hbond substituents is 1. The van der Waals surface area contributed by atoms with Crippen molar-refractivity contribution in [3.05, 3.63) is 94.5 Å². The molecule has 0 unspecified atom stereocenters. The largest absolute Gasteiger partial charge is 0.504 e. The van der Waals surface area contributed by atoms with E-state index in [4.69, 9.17) is 9.47 Å². The fourth-order valence-corrected chi connectivity index (χ4v) is 3.58. The third-order valence-electron chi connectivity index (χ3n) is 5.26. The second-order valence-corrected chi connectivity index (χ2v) is 7.47. The number of hydrazine groups is 1. The summed E-state index contributed by atoms with van der Waals surface area (Å²) in [5.74, 6) is 0.820. The molecule has 0 fully saturated rings.